The monoisotopic (exact) mass is 282 g/mol. The third-order valence-electron chi connectivity index (χ3n) is 3.18. The molecule has 0 aromatic carbocycles. The number of carbonyl (C=O) groups is 2. The van der Waals surface area contributed by atoms with Crippen LogP contribution in [0.3, 0.4) is 0 Å². The summed E-state index contributed by atoms with van der Waals surface area (Å²) in [6.45, 7) is 5.22. The van der Waals surface area contributed by atoms with Crippen molar-refractivity contribution < 1.29 is 14.3 Å². The highest BCUT2D eigenvalue weighted by Crippen LogP contribution is 2.20. The van der Waals surface area contributed by atoms with E-state index in [9.17, 15) is 9.59 Å². The molecule has 1 saturated heterocycles. The molecule has 0 aliphatic carbocycles. The Morgan fingerprint density at radius 2 is 2.37 bits per heavy atom. The lowest BCUT2D eigenvalue weighted by atomic mass is 9.98. The van der Waals surface area contributed by atoms with Crippen molar-refractivity contribution in [2.75, 3.05) is 19.7 Å². The van der Waals surface area contributed by atoms with Crippen LogP contribution in [0.2, 0.25) is 0 Å². The average Bonchev–Trinajstić information content (AvgIpc) is 2.85. The van der Waals surface area contributed by atoms with E-state index in [4.69, 9.17) is 4.74 Å². The fourth-order valence-corrected chi connectivity index (χ4v) is 2.78. The number of hydrogen-bond donors (Lipinski definition) is 0. The van der Waals surface area contributed by atoms with Crippen LogP contribution in [-0.4, -0.2) is 40.8 Å². The molecule has 1 aliphatic heterocycles. The van der Waals surface area contributed by atoms with E-state index in [1.165, 1.54) is 11.5 Å². The van der Waals surface area contributed by atoms with Crippen LogP contribution in [-0.2, 0) is 9.53 Å². The quantitative estimate of drug-likeness (QED) is 0.794. The van der Waals surface area contributed by atoms with Crippen LogP contribution in [0.25, 0.3) is 0 Å². The number of piperidine rings is 1. The molecule has 0 bridgehead atoms. The van der Waals surface area contributed by atoms with Gasteiger partial charge in [-0.15, -0.1) is 0 Å². The predicted molar refractivity (Wildman–Crippen MR) is 72.1 cm³/mol. The summed E-state index contributed by atoms with van der Waals surface area (Å²) in [5.74, 6) is -0.481. The fraction of sp³-hybridized carbons (Fsp3) is 0.615. The molecule has 0 saturated carbocycles. The van der Waals surface area contributed by atoms with E-state index < -0.39 is 0 Å². The van der Waals surface area contributed by atoms with Crippen LogP contribution in [0.1, 0.15) is 35.1 Å². The van der Waals surface area contributed by atoms with Crippen molar-refractivity contribution in [3.63, 3.8) is 0 Å². The molecule has 2 rings (SSSR count). The number of hydrogen-bond acceptors (Lipinski definition) is 5. The van der Waals surface area contributed by atoms with Gasteiger partial charge in [0, 0.05) is 18.0 Å². The lowest BCUT2D eigenvalue weighted by Crippen LogP contribution is -2.42. The van der Waals surface area contributed by atoms with Gasteiger partial charge in [-0.1, -0.05) is 0 Å². The number of carbonyl (C=O) groups excluding carboxylic acids is 2. The first-order chi connectivity index (χ1) is 9.11. The molecule has 104 valence electrons. The highest BCUT2D eigenvalue weighted by molar-refractivity contribution is 7.05. The van der Waals surface area contributed by atoms with Gasteiger partial charge in [0.05, 0.1) is 12.5 Å². The normalized spacial score (nSPS) is 19.3. The second-order valence-corrected chi connectivity index (χ2v) is 5.67. The molecule has 5 nitrogen and oxygen atoms in total. The molecule has 1 aromatic heterocycles. The van der Waals surface area contributed by atoms with E-state index in [2.05, 4.69) is 4.37 Å². The molecule has 2 heterocycles. The number of aromatic nitrogens is 1. The molecule has 1 atom stereocenters. The molecular weight excluding hydrogens is 264 g/mol. The van der Waals surface area contributed by atoms with Gasteiger partial charge in [0.2, 0.25) is 0 Å². The standard InChI is InChI=1S/C13H18N2O3S/c1-3-18-13(17)10-5-4-6-15(8-10)12(16)11-7-9(2)19-14-11/h7,10H,3-6,8H2,1-2H3. The summed E-state index contributed by atoms with van der Waals surface area (Å²) in [6.07, 6.45) is 1.62. The molecule has 0 radical (unpaired) electrons. The Morgan fingerprint density at radius 1 is 1.58 bits per heavy atom. The molecule has 1 fully saturated rings. The maximum absolute atomic E-state index is 12.3. The minimum atomic E-state index is -0.200. The summed E-state index contributed by atoms with van der Waals surface area (Å²) >= 11 is 1.32. The first-order valence-corrected chi connectivity index (χ1v) is 7.28. The Morgan fingerprint density at radius 3 is 3.00 bits per heavy atom. The Hall–Kier alpha value is -1.43. The third kappa shape index (κ3) is 3.32. The van der Waals surface area contributed by atoms with Gasteiger partial charge < -0.3 is 9.64 Å². The molecule has 6 heteroatoms. The summed E-state index contributed by atoms with van der Waals surface area (Å²) in [6, 6.07) is 1.79. The maximum atomic E-state index is 12.3. The van der Waals surface area contributed by atoms with Gasteiger partial charge in [-0.25, -0.2) is 0 Å². The van der Waals surface area contributed by atoms with Crippen molar-refractivity contribution in [3.8, 4) is 0 Å². The smallest absolute Gasteiger partial charge is 0.310 e. The van der Waals surface area contributed by atoms with E-state index in [1.807, 2.05) is 6.92 Å². The van der Waals surface area contributed by atoms with Crippen LogP contribution in [0.15, 0.2) is 6.07 Å². The van der Waals surface area contributed by atoms with Gasteiger partial charge in [0.25, 0.3) is 5.91 Å². The minimum Gasteiger partial charge on any atom is -0.466 e. The summed E-state index contributed by atoms with van der Waals surface area (Å²) in [5, 5.41) is 0. The van der Waals surface area contributed by atoms with E-state index in [0.717, 1.165) is 17.7 Å². The topological polar surface area (TPSA) is 59.5 Å². The molecule has 1 unspecified atom stereocenters. The van der Waals surface area contributed by atoms with E-state index >= 15 is 0 Å². The number of rotatable bonds is 3. The summed E-state index contributed by atoms with van der Waals surface area (Å²) in [7, 11) is 0. The molecular formula is C13H18N2O3S. The van der Waals surface area contributed by atoms with E-state index in [0.29, 0.717) is 25.4 Å². The zero-order valence-electron chi connectivity index (χ0n) is 11.2. The number of nitrogens with zero attached hydrogens (tertiary/aromatic N) is 2. The number of aryl methyl sites for hydroxylation is 1. The maximum Gasteiger partial charge on any atom is 0.310 e. The van der Waals surface area contributed by atoms with Crippen molar-refractivity contribution in [2.45, 2.75) is 26.7 Å². The van der Waals surface area contributed by atoms with E-state index in [-0.39, 0.29) is 17.8 Å². The molecule has 1 aromatic rings. The number of ether oxygens (including phenoxy) is 1. The molecule has 19 heavy (non-hydrogen) atoms. The van der Waals surface area contributed by atoms with Crippen molar-refractivity contribution >= 4 is 23.4 Å². The van der Waals surface area contributed by atoms with E-state index in [1.54, 1.807) is 17.9 Å². The van der Waals surface area contributed by atoms with Crippen molar-refractivity contribution in [1.29, 1.82) is 0 Å². The SMILES string of the molecule is CCOC(=O)C1CCCN(C(=O)c2cc(C)sn2)C1. The predicted octanol–water partition coefficient (Wildman–Crippen LogP) is 1.87. The minimum absolute atomic E-state index is 0.0849. The number of esters is 1. The van der Waals surface area contributed by atoms with Crippen LogP contribution in [0.4, 0.5) is 0 Å². The van der Waals surface area contributed by atoms with Crippen molar-refractivity contribution in [1.82, 2.24) is 9.27 Å². The highest BCUT2D eigenvalue weighted by atomic mass is 32.1. The highest BCUT2D eigenvalue weighted by Gasteiger charge is 2.30. The Balaban J connectivity index is 2.01. The second kappa shape index (κ2) is 6.14. The van der Waals surface area contributed by atoms with Gasteiger partial charge in [0.1, 0.15) is 5.69 Å². The Labute approximate surface area is 116 Å². The van der Waals surface area contributed by atoms with Crippen molar-refractivity contribution in [3.05, 3.63) is 16.6 Å². The third-order valence-corrected chi connectivity index (χ3v) is 3.87. The largest absolute Gasteiger partial charge is 0.466 e. The molecule has 0 spiro atoms. The van der Waals surface area contributed by atoms with Gasteiger partial charge in [-0.05, 0) is 44.3 Å². The zero-order chi connectivity index (χ0) is 13.8. The van der Waals surface area contributed by atoms with Gasteiger partial charge in [0.15, 0.2) is 0 Å². The molecule has 1 aliphatic rings. The second-order valence-electron chi connectivity index (χ2n) is 4.67. The van der Waals surface area contributed by atoms with Crippen LogP contribution in [0, 0.1) is 12.8 Å². The first-order valence-electron chi connectivity index (χ1n) is 6.51. The number of amides is 1. The van der Waals surface area contributed by atoms with Crippen LogP contribution < -0.4 is 0 Å². The molecule has 0 N–H and O–H groups in total. The van der Waals surface area contributed by atoms with Gasteiger partial charge in [-0.3, -0.25) is 9.59 Å². The summed E-state index contributed by atoms with van der Waals surface area (Å²) in [4.78, 5) is 26.7. The Kier molecular flexibility index (Phi) is 4.52. The number of likely N-dealkylation sites (tertiary alicyclic amines) is 1. The molecule has 1 amide bonds. The fourth-order valence-electron chi connectivity index (χ4n) is 2.24. The Bertz CT molecular complexity index is 472. The van der Waals surface area contributed by atoms with Crippen LogP contribution >= 0.6 is 11.5 Å². The van der Waals surface area contributed by atoms with Crippen LogP contribution in [0.5, 0.6) is 0 Å². The first kappa shape index (κ1) is 14.0. The lowest BCUT2D eigenvalue weighted by molar-refractivity contribution is -0.149. The zero-order valence-corrected chi connectivity index (χ0v) is 12.0. The summed E-state index contributed by atoms with van der Waals surface area (Å²) in [5.41, 5.74) is 0.479. The lowest BCUT2D eigenvalue weighted by Gasteiger charge is -2.31. The van der Waals surface area contributed by atoms with Crippen molar-refractivity contribution in [2.24, 2.45) is 5.92 Å². The van der Waals surface area contributed by atoms with Gasteiger partial charge in [-0.2, -0.15) is 4.37 Å². The van der Waals surface area contributed by atoms with Gasteiger partial charge >= 0.3 is 5.97 Å². The average molecular weight is 282 g/mol. The summed E-state index contributed by atoms with van der Waals surface area (Å²) < 4.78 is 9.16.